The van der Waals surface area contributed by atoms with Crippen LogP contribution >= 0.6 is 11.3 Å². The van der Waals surface area contributed by atoms with Crippen molar-refractivity contribution in [1.29, 1.82) is 0 Å². The molecule has 0 bridgehead atoms. The lowest BCUT2D eigenvalue weighted by atomic mass is 10.2. The van der Waals surface area contributed by atoms with Crippen LogP contribution in [0.2, 0.25) is 0 Å². The van der Waals surface area contributed by atoms with Gasteiger partial charge in [0.2, 0.25) is 0 Å². The third kappa shape index (κ3) is 6.76. The summed E-state index contributed by atoms with van der Waals surface area (Å²) in [5.74, 6) is -0.325. The predicted octanol–water partition coefficient (Wildman–Crippen LogP) is 2.35. The molecular weight excluding hydrogens is 384 g/mol. The molecule has 0 atom stereocenters. The van der Waals surface area contributed by atoms with Crippen LogP contribution < -0.4 is 20.1 Å². The number of nitrogens with one attached hydrogen (secondary N) is 2. The van der Waals surface area contributed by atoms with Gasteiger partial charge in [-0.3, -0.25) is 10.1 Å². The first-order valence-electron chi connectivity index (χ1n) is 8.18. The van der Waals surface area contributed by atoms with Crippen molar-refractivity contribution < 1.29 is 28.6 Å². The Labute approximate surface area is 166 Å². The molecule has 1 aromatic heterocycles. The van der Waals surface area contributed by atoms with Crippen molar-refractivity contribution in [3.05, 3.63) is 52.2 Å². The number of carbonyl (C=O) groups is 3. The topological polar surface area (TPSA) is 103 Å². The summed E-state index contributed by atoms with van der Waals surface area (Å²) in [4.78, 5) is 36.0. The number of imide groups is 1. The maximum Gasteiger partial charge on any atom is 0.331 e. The Morgan fingerprint density at radius 1 is 1.14 bits per heavy atom. The number of hydrogen-bond acceptors (Lipinski definition) is 7. The zero-order valence-corrected chi connectivity index (χ0v) is 16.2. The fraction of sp³-hybridized carbons (Fsp3) is 0.211. The number of hydrogen-bond donors (Lipinski definition) is 2. The lowest BCUT2D eigenvalue weighted by Gasteiger charge is -2.07. The van der Waals surface area contributed by atoms with Crippen LogP contribution in [-0.2, 0) is 20.9 Å². The standard InChI is InChI=1S/C19H20N2O6S/c1-25-14-7-5-13(16(10-14)26-2)6-8-18(23)27-12-17(22)21-19(24)20-11-15-4-3-9-28-15/h3-10H,11-12H2,1-2H3,(H2,20,21,22,24)/b8-6+. The first kappa shape index (κ1) is 21.0. The van der Waals surface area contributed by atoms with Gasteiger partial charge in [-0.1, -0.05) is 6.07 Å². The van der Waals surface area contributed by atoms with E-state index in [4.69, 9.17) is 14.2 Å². The van der Waals surface area contributed by atoms with E-state index >= 15 is 0 Å². The highest BCUT2D eigenvalue weighted by Gasteiger charge is 2.10. The number of ether oxygens (including phenoxy) is 3. The molecule has 148 valence electrons. The van der Waals surface area contributed by atoms with Crippen LogP contribution in [0.25, 0.3) is 6.08 Å². The molecule has 0 aliphatic carbocycles. The first-order chi connectivity index (χ1) is 13.5. The summed E-state index contributed by atoms with van der Waals surface area (Å²) in [5.41, 5.74) is 0.637. The Hall–Kier alpha value is -3.33. The van der Waals surface area contributed by atoms with Crippen molar-refractivity contribution in [2.24, 2.45) is 0 Å². The molecular formula is C19H20N2O6S. The van der Waals surface area contributed by atoms with Gasteiger partial charge >= 0.3 is 12.0 Å². The minimum atomic E-state index is -0.730. The van der Waals surface area contributed by atoms with Crippen molar-refractivity contribution >= 4 is 35.3 Å². The van der Waals surface area contributed by atoms with Gasteiger partial charge in [0, 0.05) is 22.6 Å². The highest BCUT2D eigenvalue weighted by Crippen LogP contribution is 2.25. The monoisotopic (exact) mass is 404 g/mol. The highest BCUT2D eigenvalue weighted by atomic mass is 32.1. The second kappa shape index (κ2) is 10.7. The van der Waals surface area contributed by atoms with E-state index in [9.17, 15) is 14.4 Å². The van der Waals surface area contributed by atoms with Crippen LogP contribution in [-0.4, -0.2) is 38.7 Å². The molecule has 0 fully saturated rings. The van der Waals surface area contributed by atoms with E-state index in [-0.39, 0.29) is 0 Å². The molecule has 0 aliphatic heterocycles. The smallest absolute Gasteiger partial charge is 0.331 e. The van der Waals surface area contributed by atoms with Crippen LogP contribution in [0.5, 0.6) is 11.5 Å². The van der Waals surface area contributed by atoms with E-state index in [2.05, 4.69) is 10.6 Å². The molecule has 0 saturated carbocycles. The summed E-state index contributed by atoms with van der Waals surface area (Å²) >= 11 is 1.49. The fourth-order valence-corrected chi connectivity index (χ4v) is 2.73. The number of methoxy groups -OCH3 is 2. The molecule has 1 aromatic carbocycles. The van der Waals surface area contributed by atoms with Gasteiger partial charge in [-0.25, -0.2) is 9.59 Å². The molecule has 0 spiro atoms. The normalized spacial score (nSPS) is 10.4. The maximum absolute atomic E-state index is 11.8. The predicted molar refractivity (Wildman–Crippen MR) is 104 cm³/mol. The van der Waals surface area contributed by atoms with Gasteiger partial charge in [-0.2, -0.15) is 0 Å². The summed E-state index contributed by atoms with van der Waals surface area (Å²) in [6, 6.07) is 8.17. The number of thiophene rings is 1. The molecule has 0 radical (unpaired) electrons. The lowest BCUT2D eigenvalue weighted by Crippen LogP contribution is -2.40. The van der Waals surface area contributed by atoms with E-state index in [0.717, 1.165) is 11.0 Å². The number of benzene rings is 1. The highest BCUT2D eigenvalue weighted by molar-refractivity contribution is 7.09. The zero-order chi connectivity index (χ0) is 20.4. The molecule has 8 nitrogen and oxygen atoms in total. The van der Waals surface area contributed by atoms with E-state index < -0.39 is 24.5 Å². The minimum absolute atomic E-state index is 0.309. The molecule has 9 heteroatoms. The first-order valence-corrected chi connectivity index (χ1v) is 9.06. The van der Waals surface area contributed by atoms with Gasteiger partial charge in [0.15, 0.2) is 6.61 Å². The third-order valence-electron chi connectivity index (χ3n) is 3.44. The number of rotatable bonds is 8. The number of esters is 1. The minimum Gasteiger partial charge on any atom is -0.497 e. The Kier molecular flexibility index (Phi) is 8.04. The number of amides is 3. The molecule has 2 N–H and O–H groups in total. The van der Waals surface area contributed by atoms with Gasteiger partial charge in [-0.15, -0.1) is 11.3 Å². The van der Waals surface area contributed by atoms with Crippen LogP contribution in [0.4, 0.5) is 4.79 Å². The van der Waals surface area contributed by atoms with E-state index in [1.54, 1.807) is 18.2 Å². The largest absolute Gasteiger partial charge is 0.497 e. The second-order valence-electron chi connectivity index (χ2n) is 5.36. The summed E-state index contributed by atoms with van der Waals surface area (Å²) in [7, 11) is 3.04. The third-order valence-corrected chi connectivity index (χ3v) is 4.32. The average Bonchev–Trinajstić information content (AvgIpc) is 3.22. The van der Waals surface area contributed by atoms with Crippen molar-refractivity contribution in [3.63, 3.8) is 0 Å². The quantitative estimate of drug-likeness (QED) is 0.517. The Balaban J connectivity index is 1.76. The van der Waals surface area contributed by atoms with Crippen LogP contribution in [0.3, 0.4) is 0 Å². The Morgan fingerprint density at radius 3 is 2.64 bits per heavy atom. The van der Waals surface area contributed by atoms with Gasteiger partial charge in [0.05, 0.1) is 20.8 Å². The molecule has 1 heterocycles. The Morgan fingerprint density at radius 2 is 1.96 bits per heavy atom. The zero-order valence-electron chi connectivity index (χ0n) is 15.4. The van der Waals surface area contributed by atoms with Crippen molar-refractivity contribution in [1.82, 2.24) is 10.6 Å². The molecule has 0 aliphatic rings. The summed E-state index contributed by atoms with van der Waals surface area (Å²) in [6.45, 7) is -0.266. The van der Waals surface area contributed by atoms with Gasteiger partial charge in [0.1, 0.15) is 11.5 Å². The molecule has 3 amide bonds. The summed E-state index contributed by atoms with van der Waals surface area (Å²) < 4.78 is 15.1. The number of urea groups is 1. The van der Waals surface area contributed by atoms with Crippen molar-refractivity contribution in [3.8, 4) is 11.5 Å². The van der Waals surface area contributed by atoms with Crippen LogP contribution in [0.15, 0.2) is 41.8 Å². The van der Waals surface area contributed by atoms with E-state index in [1.165, 1.54) is 31.6 Å². The Bertz CT molecular complexity index is 848. The molecule has 28 heavy (non-hydrogen) atoms. The molecule has 0 saturated heterocycles. The van der Waals surface area contributed by atoms with Crippen LogP contribution in [0.1, 0.15) is 10.4 Å². The van der Waals surface area contributed by atoms with E-state index in [1.807, 2.05) is 17.5 Å². The molecule has 0 unspecified atom stereocenters. The average molecular weight is 404 g/mol. The SMILES string of the molecule is COc1ccc(/C=C/C(=O)OCC(=O)NC(=O)NCc2cccs2)c(OC)c1. The van der Waals surface area contributed by atoms with Crippen LogP contribution in [0, 0.1) is 0 Å². The van der Waals surface area contributed by atoms with Crippen molar-refractivity contribution in [2.75, 3.05) is 20.8 Å². The second-order valence-corrected chi connectivity index (χ2v) is 6.39. The number of carbonyl (C=O) groups excluding carboxylic acids is 3. The molecule has 2 aromatic rings. The molecule has 2 rings (SSSR count). The maximum atomic E-state index is 11.8. The van der Waals surface area contributed by atoms with E-state index in [0.29, 0.717) is 23.6 Å². The van der Waals surface area contributed by atoms with Gasteiger partial charge < -0.3 is 19.5 Å². The summed E-state index contributed by atoms with van der Waals surface area (Å²) in [5, 5.41) is 6.50. The fourth-order valence-electron chi connectivity index (χ4n) is 2.09. The summed E-state index contributed by atoms with van der Waals surface area (Å²) in [6.07, 6.45) is 2.65. The van der Waals surface area contributed by atoms with Gasteiger partial charge in [0.25, 0.3) is 5.91 Å². The van der Waals surface area contributed by atoms with Crippen molar-refractivity contribution in [2.45, 2.75) is 6.54 Å². The lowest BCUT2D eigenvalue weighted by molar-refractivity contribution is -0.143. The van der Waals surface area contributed by atoms with Gasteiger partial charge in [-0.05, 0) is 29.7 Å².